The summed E-state index contributed by atoms with van der Waals surface area (Å²) in [6.45, 7) is 0. The lowest BCUT2D eigenvalue weighted by atomic mass is 9.69. The largest absolute Gasteiger partial charge is 0.284 e. The van der Waals surface area contributed by atoms with Crippen molar-refractivity contribution in [3.8, 4) is 0 Å². The zero-order valence-electron chi connectivity index (χ0n) is 12.0. The Morgan fingerprint density at radius 1 is 0.591 bits per heavy atom. The SMILES string of the molecule is [N]C(=O)C(c1ccccc1)(c1ccccc1)c1ccccc1. The molecule has 22 heavy (non-hydrogen) atoms. The minimum absolute atomic E-state index is 0.750. The summed E-state index contributed by atoms with van der Waals surface area (Å²) in [5.41, 5.74) is 11.2. The molecule has 3 rings (SSSR count). The second-order valence-corrected chi connectivity index (χ2v) is 5.15. The molecular weight excluding hydrogens is 270 g/mol. The third-order valence-corrected chi connectivity index (χ3v) is 3.94. The predicted molar refractivity (Wildman–Crippen MR) is 86.3 cm³/mol. The first-order chi connectivity index (χ1) is 10.8. The summed E-state index contributed by atoms with van der Waals surface area (Å²) in [5, 5.41) is 0. The van der Waals surface area contributed by atoms with Gasteiger partial charge in [-0.15, -0.1) is 5.73 Å². The van der Waals surface area contributed by atoms with E-state index in [0.717, 1.165) is 16.7 Å². The Bertz CT molecular complexity index is 655. The van der Waals surface area contributed by atoms with Crippen LogP contribution in [0, 0.1) is 0 Å². The topological polar surface area (TPSA) is 39.4 Å². The van der Waals surface area contributed by atoms with E-state index in [1.54, 1.807) is 0 Å². The Balaban J connectivity index is 2.37. The van der Waals surface area contributed by atoms with Crippen LogP contribution in [0.15, 0.2) is 91.0 Å². The maximum absolute atomic E-state index is 12.4. The molecule has 0 heterocycles. The Morgan fingerprint density at radius 3 is 1.09 bits per heavy atom. The van der Waals surface area contributed by atoms with E-state index in [0.29, 0.717) is 0 Å². The highest BCUT2D eigenvalue weighted by Crippen LogP contribution is 2.39. The van der Waals surface area contributed by atoms with E-state index in [2.05, 4.69) is 0 Å². The van der Waals surface area contributed by atoms with Gasteiger partial charge in [-0.3, -0.25) is 4.79 Å². The molecule has 2 nitrogen and oxygen atoms in total. The lowest BCUT2D eigenvalue weighted by molar-refractivity contribution is -0.121. The molecule has 3 aromatic rings. The maximum Gasteiger partial charge on any atom is 0.284 e. The average Bonchev–Trinajstić information content (AvgIpc) is 2.58. The summed E-state index contributed by atoms with van der Waals surface area (Å²) in [6.07, 6.45) is 0. The minimum atomic E-state index is -1.20. The molecule has 0 saturated heterocycles. The van der Waals surface area contributed by atoms with E-state index >= 15 is 0 Å². The standard InChI is InChI=1S/C20H15NO/c21-19(22)20(16-10-4-1-5-11-16,17-12-6-2-7-13-17)18-14-8-3-9-15-18/h1-15H. The molecule has 0 unspecified atom stereocenters. The van der Waals surface area contributed by atoms with Crippen molar-refractivity contribution in [2.24, 2.45) is 0 Å². The first-order valence-electron chi connectivity index (χ1n) is 7.16. The maximum atomic E-state index is 12.4. The summed E-state index contributed by atoms with van der Waals surface area (Å²) < 4.78 is 0. The number of hydrogen-bond donors (Lipinski definition) is 0. The van der Waals surface area contributed by atoms with Crippen LogP contribution in [0.5, 0.6) is 0 Å². The third kappa shape index (κ3) is 2.19. The van der Waals surface area contributed by atoms with Crippen LogP contribution in [0.3, 0.4) is 0 Å². The van der Waals surface area contributed by atoms with Crippen LogP contribution >= 0.6 is 0 Å². The van der Waals surface area contributed by atoms with Gasteiger partial charge in [0.15, 0.2) is 0 Å². The van der Waals surface area contributed by atoms with Gasteiger partial charge in [0.25, 0.3) is 5.91 Å². The molecule has 0 bridgehead atoms. The van der Waals surface area contributed by atoms with Gasteiger partial charge < -0.3 is 0 Å². The molecule has 0 saturated carbocycles. The van der Waals surface area contributed by atoms with Crippen LogP contribution in [0.25, 0.3) is 0 Å². The van der Waals surface area contributed by atoms with Crippen molar-refractivity contribution in [3.05, 3.63) is 108 Å². The first-order valence-corrected chi connectivity index (χ1v) is 7.16. The van der Waals surface area contributed by atoms with Crippen molar-refractivity contribution in [1.29, 1.82) is 0 Å². The molecule has 2 heteroatoms. The Hall–Kier alpha value is -2.87. The van der Waals surface area contributed by atoms with Crippen LogP contribution in [0.2, 0.25) is 0 Å². The zero-order valence-corrected chi connectivity index (χ0v) is 12.0. The summed E-state index contributed by atoms with van der Waals surface area (Å²) >= 11 is 0. The molecule has 0 spiro atoms. The lowest BCUT2D eigenvalue weighted by Gasteiger charge is -2.31. The summed E-state index contributed by atoms with van der Waals surface area (Å²) in [6, 6.07) is 28.1. The van der Waals surface area contributed by atoms with E-state index in [9.17, 15) is 10.5 Å². The molecule has 0 N–H and O–H groups in total. The molecule has 2 radical (unpaired) electrons. The number of nitrogens with zero attached hydrogens (tertiary/aromatic N) is 1. The first kappa shape index (κ1) is 14.1. The number of hydrogen-bond acceptors (Lipinski definition) is 1. The van der Waals surface area contributed by atoms with Crippen molar-refractivity contribution in [1.82, 2.24) is 5.73 Å². The molecule has 1 amide bonds. The van der Waals surface area contributed by atoms with Crippen LogP contribution in [0.1, 0.15) is 16.7 Å². The van der Waals surface area contributed by atoms with Crippen LogP contribution < -0.4 is 5.73 Å². The van der Waals surface area contributed by atoms with Crippen molar-refractivity contribution in [3.63, 3.8) is 0 Å². The number of amides is 1. The second-order valence-electron chi connectivity index (χ2n) is 5.15. The molecule has 0 aliphatic heterocycles. The van der Waals surface area contributed by atoms with Crippen LogP contribution in [-0.2, 0) is 10.2 Å². The predicted octanol–water partition coefficient (Wildman–Crippen LogP) is 3.62. The summed E-state index contributed by atoms with van der Waals surface area (Å²) in [7, 11) is 0. The van der Waals surface area contributed by atoms with Crippen LogP contribution in [-0.4, -0.2) is 5.91 Å². The molecular formula is C20H15NO. The van der Waals surface area contributed by atoms with E-state index in [-0.39, 0.29) is 0 Å². The molecule has 3 aromatic carbocycles. The quantitative estimate of drug-likeness (QED) is 0.675. The lowest BCUT2D eigenvalue weighted by Crippen LogP contribution is -2.39. The third-order valence-electron chi connectivity index (χ3n) is 3.94. The summed E-state index contributed by atoms with van der Waals surface area (Å²) in [4.78, 5) is 12.4. The fourth-order valence-corrected chi connectivity index (χ4v) is 2.93. The zero-order chi connectivity index (χ0) is 15.4. The Labute approximate surface area is 130 Å². The highest BCUT2D eigenvalue weighted by Gasteiger charge is 2.43. The fourth-order valence-electron chi connectivity index (χ4n) is 2.93. The van der Waals surface area contributed by atoms with Gasteiger partial charge in [-0.25, -0.2) is 0 Å². The second kappa shape index (κ2) is 5.86. The highest BCUT2D eigenvalue weighted by atomic mass is 16.1. The average molecular weight is 285 g/mol. The number of benzene rings is 3. The van der Waals surface area contributed by atoms with Gasteiger partial charge >= 0.3 is 0 Å². The normalized spacial score (nSPS) is 11.1. The van der Waals surface area contributed by atoms with Gasteiger partial charge in [-0.1, -0.05) is 91.0 Å². The smallest absolute Gasteiger partial charge is 0.269 e. The Kier molecular flexibility index (Phi) is 3.75. The molecule has 106 valence electrons. The molecule has 0 fully saturated rings. The van der Waals surface area contributed by atoms with Crippen molar-refractivity contribution < 1.29 is 4.79 Å². The molecule has 0 aromatic heterocycles. The van der Waals surface area contributed by atoms with Gasteiger partial charge in [0.05, 0.1) is 0 Å². The molecule has 0 aliphatic carbocycles. The number of carbonyl (C=O) groups is 1. The van der Waals surface area contributed by atoms with Gasteiger partial charge in [0.2, 0.25) is 0 Å². The Morgan fingerprint density at radius 2 is 0.864 bits per heavy atom. The number of carbonyl (C=O) groups excluding carboxylic acids is 1. The minimum Gasteiger partial charge on any atom is -0.269 e. The van der Waals surface area contributed by atoms with Crippen LogP contribution in [0.4, 0.5) is 0 Å². The van der Waals surface area contributed by atoms with E-state index in [1.807, 2.05) is 91.0 Å². The van der Waals surface area contributed by atoms with Crippen molar-refractivity contribution in [2.75, 3.05) is 0 Å². The van der Waals surface area contributed by atoms with Gasteiger partial charge in [0.1, 0.15) is 5.41 Å². The highest BCUT2D eigenvalue weighted by molar-refractivity contribution is 5.94. The van der Waals surface area contributed by atoms with E-state index in [1.165, 1.54) is 0 Å². The van der Waals surface area contributed by atoms with E-state index in [4.69, 9.17) is 0 Å². The van der Waals surface area contributed by atoms with Crippen molar-refractivity contribution in [2.45, 2.75) is 5.41 Å². The number of rotatable bonds is 4. The van der Waals surface area contributed by atoms with Gasteiger partial charge in [0, 0.05) is 0 Å². The van der Waals surface area contributed by atoms with Crippen molar-refractivity contribution >= 4 is 5.91 Å². The fraction of sp³-hybridized carbons (Fsp3) is 0.0500. The monoisotopic (exact) mass is 285 g/mol. The van der Waals surface area contributed by atoms with Gasteiger partial charge in [-0.2, -0.15) is 0 Å². The summed E-state index contributed by atoms with van der Waals surface area (Å²) in [5.74, 6) is -0.879. The molecule has 0 atom stereocenters. The molecule has 0 aliphatic rings. The van der Waals surface area contributed by atoms with E-state index < -0.39 is 11.3 Å². The van der Waals surface area contributed by atoms with Gasteiger partial charge in [-0.05, 0) is 16.7 Å².